The molecule has 0 spiro atoms. The van der Waals surface area contributed by atoms with Gasteiger partial charge in [-0.2, -0.15) is 0 Å². The van der Waals surface area contributed by atoms with Crippen molar-refractivity contribution in [2.45, 2.75) is 52.5 Å². The molecule has 1 fully saturated rings. The van der Waals surface area contributed by atoms with Crippen molar-refractivity contribution in [1.29, 1.82) is 0 Å². The van der Waals surface area contributed by atoms with E-state index in [9.17, 15) is 4.79 Å². The second-order valence-electron chi connectivity index (χ2n) is 5.69. The molecule has 1 atom stereocenters. The van der Waals surface area contributed by atoms with Gasteiger partial charge < -0.3 is 15.5 Å². The lowest BCUT2D eigenvalue weighted by molar-refractivity contribution is -0.122. The predicted octanol–water partition coefficient (Wildman–Crippen LogP) is 2.46. The average Bonchev–Trinajstić information content (AvgIpc) is 2.43. The minimum absolute atomic E-state index is 0. The monoisotopic (exact) mass is 341 g/mol. The van der Waals surface area contributed by atoms with Gasteiger partial charge in [-0.25, -0.2) is 0 Å². The maximum Gasteiger partial charge on any atom is 0.220 e. The van der Waals surface area contributed by atoms with E-state index in [4.69, 9.17) is 0 Å². The molecule has 1 aliphatic rings. The largest absolute Gasteiger partial charge is 0.352 e. The molecule has 0 aromatic heterocycles. The highest BCUT2D eigenvalue weighted by atomic mass is 35.5. The lowest BCUT2D eigenvalue weighted by Gasteiger charge is -2.24. The van der Waals surface area contributed by atoms with E-state index >= 15 is 0 Å². The Balaban J connectivity index is 0. The van der Waals surface area contributed by atoms with Gasteiger partial charge in [-0.05, 0) is 58.3 Å². The van der Waals surface area contributed by atoms with E-state index in [2.05, 4.69) is 36.3 Å². The minimum atomic E-state index is 0. The second-order valence-corrected chi connectivity index (χ2v) is 5.69. The quantitative estimate of drug-likeness (QED) is 0.712. The van der Waals surface area contributed by atoms with Gasteiger partial charge in [0.25, 0.3) is 0 Å². The van der Waals surface area contributed by atoms with Gasteiger partial charge in [0.15, 0.2) is 0 Å². The molecule has 0 bridgehead atoms. The van der Waals surface area contributed by atoms with E-state index in [0.717, 1.165) is 45.1 Å². The Hall–Kier alpha value is -0.0300. The Morgan fingerprint density at radius 1 is 1.24 bits per heavy atom. The summed E-state index contributed by atoms with van der Waals surface area (Å²) in [5, 5.41) is 6.49. The summed E-state index contributed by atoms with van der Waals surface area (Å²) in [5.74, 6) is 0.961. The number of likely N-dealkylation sites (N-methyl/N-ethyl adjacent to an activating group) is 1. The Labute approximate surface area is 142 Å². The van der Waals surface area contributed by atoms with Crippen LogP contribution >= 0.6 is 24.8 Å². The highest BCUT2D eigenvalue weighted by Gasteiger charge is 2.15. The fourth-order valence-electron chi connectivity index (χ4n) is 2.77. The van der Waals surface area contributed by atoms with Crippen LogP contribution in [0.15, 0.2) is 0 Å². The molecule has 1 amide bonds. The van der Waals surface area contributed by atoms with Crippen LogP contribution in [0.4, 0.5) is 0 Å². The van der Waals surface area contributed by atoms with Crippen LogP contribution in [0, 0.1) is 5.92 Å². The number of nitrogens with one attached hydrogen (secondary N) is 2. The van der Waals surface area contributed by atoms with E-state index in [0.29, 0.717) is 6.42 Å². The van der Waals surface area contributed by atoms with E-state index < -0.39 is 0 Å². The van der Waals surface area contributed by atoms with Crippen molar-refractivity contribution in [3.63, 3.8) is 0 Å². The topological polar surface area (TPSA) is 44.4 Å². The highest BCUT2D eigenvalue weighted by molar-refractivity contribution is 5.85. The molecule has 1 heterocycles. The standard InChI is InChI=1S/C15H31N3O.2ClH/c1-4-18(5-2)12-13(3)17-15(19)7-6-14-8-10-16-11-9-14;;/h13-14,16H,4-12H2,1-3H3,(H,17,19);2*1H. The van der Waals surface area contributed by atoms with Gasteiger partial charge in [-0.3, -0.25) is 4.79 Å². The van der Waals surface area contributed by atoms with E-state index in [1.54, 1.807) is 0 Å². The third-order valence-electron chi connectivity index (χ3n) is 4.07. The second kappa shape index (κ2) is 13.6. The van der Waals surface area contributed by atoms with Crippen LogP contribution < -0.4 is 10.6 Å². The van der Waals surface area contributed by atoms with Gasteiger partial charge in [-0.15, -0.1) is 24.8 Å². The lowest BCUT2D eigenvalue weighted by atomic mass is 9.93. The van der Waals surface area contributed by atoms with Crippen LogP contribution in [0.3, 0.4) is 0 Å². The van der Waals surface area contributed by atoms with Crippen LogP contribution in [-0.4, -0.2) is 49.6 Å². The summed E-state index contributed by atoms with van der Waals surface area (Å²) in [4.78, 5) is 14.3. The van der Waals surface area contributed by atoms with Gasteiger partial charge in [0.05, 0.1) is 0 Å². The summed E-state index contributed by atoms with van der Waals surface area (Å²) in [6.07, 6.45) is 4.18. The summed E-state index contributed by atoms with van der Waals surface area (Å²) in [5.41, 5.74) is 0. The minimum Gasteiger partial charge on any atom is -0.352 e. The molecule has 128 valence electrons. The molecule has 1 aliphatic heterocycles. The number of nitrogens with zero attached hydrogens (tertiary/aromatic N) is 1. The molecule has 2 N–H and O–H groups in total. The molecule has 0 aromatic carbocycles. The van der Waals surface area contributed by atoms with E-state index in [-0.39, 0.29) is 36.8 Å². The normalized spacial score (nSPS) is 16.8. The lowest BCUT2D eigenvalue weighted by Crippen LogP contribution is -2.42. The molecular weight excluding hydrogens is 309 g/mol. The SMILES string of the molecule is CCN(CC)CC(C)NC(=O)CCC1CCNCC1.Cl.Cl. The molecule has 0 aliphatic carbocycles. The molecule has 0 aromatic rings. The first-order chi connectivity index (χ1) is 9.15. The van der Waals surface area contributed by atoms with E-state index in [1.807, 2.05) is 0 Å². The van der Waals surface area contributed by atoms with Crippen molar-refractivity contribution in [3.8, 4) is 0 Å². The first-order valence-electron chi connectivity index (χ1n) is 7.88. The third-order valence-corrected chi connectivity index (χ3v) is 4.07. The summed E-state index contributed by atoms with van der Waals surface area (Å²) in [7, 11) is 0. The zero-order chi connectivity index (χ0) is 14.1. The number of halogens is 2. The summed E-state index contributed by atoms with van der Waals surface area (Å²) in [6, 6.07) is 0.250. The molecule has 0 saturated carbocycles. The van der Waals surface area contributed by atoms with E-state index in [1.165, 1.54) is 12.8 Å². The van der Waals surface area contributed by atoms with Crippen LogP contribution in [-0.2, 0) is 4.79 Å². The molecule has 1 rings (SSSR count). The van der Waals surface area contributed by atoms with Crippen molar-refractivity contribution in [1.82, 2.24) is 15.5 Å². The molecule has 21 heavy (non-hydrogen) atoms. The molecule has 6 heteroatoms. The van der Waals surface area contributed by atoms with Crippen molar-refractivity contribution in [2.24, 2.45) is 5.92 Å². The Morgan fingerprint density at radius 3 is 2.33 bits per heavy atom. The van der Waals surface area contributed by atoms with Crippen molar-refractivity contribution in [3.05, 3.63) is 0 Å². The third kappa shape index (κ3) is 10.3. The van der Waals surface area contributed by atoms with Crippen molar-refractivity contribution >= 4 is 30.7 Å². The maximum atomic E-state index is 11.9. The van der Waals surface area contributed by atoms with Gasteiger partial charge in [0, 0.05) is 19.0 Å². The number of rotatable bonds is 8. The summed E-state index contributed by atoms with van der Waals surface area (Å²) < 4.78 is 0. The molecular formula is C15H33Cl2N3O. The molecule has 0 radical (unpaired) electrons. The van der Waals surface area contributed by atoms with Crippen LogP contribution in [0.1, 0.15) is 46.5 Å². The smallest absolute Gasteiger partial charge is 0.220 e. The van der Waals surface area contributed by atoms with Gasteiger partial charge in [-0.1, -0.05) is 13.8 Å². The number of carbonyl (C=O) groups is 1. The highest BCUT2D eigenvalue weighted by Crippen LogP contribution is 2.17. The van der Waals surface area contributed by atoms with Crippen LogP contribution in [0.25, 0.3) is 0 Å². The maximum absolute atomic E-state index is 11.9. The first-order valence-corrected chi connectivity index (χ1v) is 7.88. The summed E-state index contributed by atoms with van der Waals surface area (Å²) in [6.45, 7) is 11.7. The number of carbonyl (C=O) groups excluding carboxylic acids is 1. The predicted molar refractivity (Wildman–Crippen MR) is 94.7 cm³/mol. The number of hydrogen-bond acceptors (Lipinski definition) is 3. The average molecular weight is 342 g/mol. The van der Waals surface area contributed by atoms with Gasteiger partial charge in [0.1, 0.15) is 0 Å². The first kappa shape index (κ1) is 23.2. The number of amides is 1. The van der Waals surface area contributed by atoms with Crippen LogP contribution in [0.2, 0.25) is 0 Å². The Kier molecular flexibility index (Phi) is 15.1. The van der Waals surface area contributed by atoms with Crippen molar-refractivity contribution in [2.75, 3.05) is 32.7 Å². The number of hydrogen-bond donors (Lipinski definition) is 2. The summed E-state index contributed by atoms with van der Waals surface area (Å²) >= 11 is 0. The fourth-order valence-corrected chi connectivity index (χ4v) is 2.77. The van der Waals surface area contributed by atoms with Gasteiger partial charge >= 0.3 is 0 Å². The molecule has 4 nitrogen and oxygen atoms in total. The Morgan fingerprint density at radius 2 is 1.81 bits per heavy atom. The van der Waals surface area contributed by atoms with Gasteiger partial charge in [0.2, 0.25) is 5.91 Å². The zero-order valence-corrected chi connectivity index (χ0v) is 15.3. The zero-order valence-electron chi connectivity index (χ0n) is 13.7. The van der Waals surface area contributed by atoms with Crippen molar-refractivity contribution < 1.29 is 4.79 Å². The fraction of sp³-hybridized carbons (Fsp3) is 0.933. The Bertz CT molecular complexity index is 257. The molecule has 1 saturated heterocycles. The number of piperidine rings is 1. The molecule has 1 unspecified atom stereocenters. The van der Waals surface area contributed by atoms with Crippen LogP contribution in [0.5, 0.6) is 0 Å².